The molecular weight excluding hydrogens is 409 g/mol. The topological polar surface area (TPSA) is 108 Å². The molecule has 0 bridgehead atoms. The SMILES string of the molecule is Cc1c(Br)c(C(F)(F)F)nn1C(C)C(=O)Nc1cnn(C)c1C(N)=O. The molecule has 1 unspecified atom stereocenters. The highest BCUT2D eigenvalue weighted by Crippen LogP contribution is 2.36. The zero-order valence-electron chi connectivity index (χ0n) is 13.3. The molecule has 0 saturated heterocycles. The molecule has 2 amide bonds. The van der Waals surface area contributed by atoms with Gasteiger partial charge in [-0.3, -0.25) is 19.0 Å². The van der Waals surface area contributed by atoms with Crippen LogP contribution in [0.1, 0.15) is 34.8 Å². The molecule has 0 aromatic carbocycles. The highest BCUT2D eigenvalue weighted by molar-refractivity contribution is 9.10. The first-order valence-electron chi connectivity index (χ1n) is 6.89. The third-order valence-electron chi connectivity index (χ3n) is 3.52. The van der Waals surface area contributed by atoms with Gasteiger partial charge in [-0.2, -0.15) is 23.4 Å². The van der Waals surface area contributed by atoms with E-state index in [0.717, 1.165) is 4.68 Å². The number of hydrogen-bond donors (Lipinski definition) is 2. The van der Waals surface area contributed by atoms with Crippen molar-refractivity contribution in [3.8, 4) is 0 Å². The van der Waals surface area contributed by atoms with Gasteiger partial charge in [0.2, 0.25) is 5.91 Å². The van der Waals surface area contributed by atoms with Crippen LogP contribution in [0.3, 0.4) is 0 Å². The first-order chi connectivity index (χ1) is 11.4. The molecule has 136 valence electrons. The molecule has 0 radical (unpaired) electrons. The molecule has 1 atom stereocenters. The maximum absolute atomic E-state index is 12.9. The van der Waals surface area contributed by atoms with E-state index in [1.165, 1.54) is 31.8 Å². The fourth-order valence-corrected chi connectivity index (χ4v) is 2.71. The molecule has 2 rings (SSSR count). The molecule has 0 fully saturated rings. The Morgan fingerprint density at radius 3 is 2.48 bits per heavy atom. The average molecular weight is 423 g/mol. The predicted octanol–water partition coefficient (Wildman–Crippen LogP) is 2.00. The van der Waals surface area contributed by atoms with Crippen LogP contribution in [0.15, 0.2) is 10.7 Å². The van der Waals surface area contributed by atoms with Crippen LogP contribution in [0.4, 0.5) is 18.9 Å². The van der Waals surface area contributed by atoms with Gasteiger partial charge in [0.1, 0.15) is 11.7 Å². The largest absolute Gasteiger partial charge is 0.436 e. The van der Waals surface area contributed by atoms with E-state index in [0.29, 0.717) is 0 Å². The molecule has 25 heavy (non-hydrogen) atoms. The molecule has 8 nitrogen and oxygen atoms in total. The highest BCUT2D eigenvalue weighted by atomic mass is 79.9. The normalized spacial score (nSPS) is 12.9. The summed E-state index contributed by atoms with van der Waals surface area (Å²) in [6.45, 7) is 2.78. The van der Waals surface area contributed by atoms with E-state index < -0.39 is 29.7 Å². The molecule has 2 heterocycles. The predicted molar refractivity (Wildman–Crippen MR) is 84.7 cm³/mol. The van der Waals surface area contributed by atoms with Crippen LogP contribution < -0.4 is 11.1 Å². The summed E-state index contributed by atoms with van der Waals surface area (Å²) < 4.78 is 40.7. The molecule has 2 aromatic rings. The van der Waals surface area contributed by atoms with Crippen LogP contribution in [-0.4, -0.2) is 31.4 Å². The minimum absolute atomic E-state index is 0.0325. The number of nitrogens with zero attached hydrogens (tertiary/aromatic N) is 4. The van der Waals surface area contributed by atoms with Crippen LogP contribution in [0.25, 0.3) is 0 Å². The summed E-state index contributed by atoms with van der Waals surface area (Å²) in [6, 6.07) is -1.08. The molecule has 0 aliphatic heterocycles. The Hall–Kier alpha value is -2.37. The lowest BCUT2D eigenvalue weighted by Gasteiger charge is -2.14. The number of nitrogens with one attached hydrogen (secondary N) is 1. The number of carbonyl (C=O) groups excluding carboxylic acids is 2. The molecule has 12 heteroatoms. The molecule has 2 aromatic heterocycles. The monoisotopic (exact) mass is 422 g/mol. The second-order valence-electron chi connectivity index (χ2n) is 5.25. The molecule has 0 aliphatic rings. The van der Waals surface area contributed by atoms with Crippen molar-refractivity contribution >= 4 is 33.4 Å². The Kier molecular flexibility index (Phi) is 4.93. The number of primary amides is 1. The lowest BCUT2D eigenvalue weighted by molar-refractivity contribution is -0.142. The number of hydrogen-bond acceptors (Lipinski definition) is 4. The first kappa shape index (κ1) is 19.0. The van der Waals surface area contributed by atoms with E-state index >= 15 is 0 Å². The van der Waals surface area contributed by atoms with Gasteiger partial charge < -0.3 is 11.1 Å². The van der Waals surface area contributed by atoms with Gasteiger partial charge in [-0.05, 0) is 29.8 Å². The number of aromatic nitrogens is 4. The number of carbonyl (C=O) groups is 2. The van der Waals surface area contributed by atoms with Gasteiger partial charge in [0.05, 0.1) is 22.1 Å². The lowest BCUT2D eigenvalue weighted by Crippen LogP contribution is -2.27. The summed E-state index contributed by atoms with van der Waals surface area (Å²) in [6.07, 6.45) is -3.44. The Balaban J connectivity index is 2.32. The average Bonchev–Trinajstić information content (AvgIpc) is 2.99. The first-order valence-corrected chi connectivity index (χ1v) is 7.68. The van der Waals surface area contributed by atoms with E-state index in [2.05, 4.69) is 31.4 Å². The number of nitrogens with two attached hydrogens (primary N) is 1. The van der Waals surface area contributed by atoms with Gasteiger partial charge in [0.25, 0.3) is 5.91 Å². The van der Waals surface area contributed by atoms with Crippen molar-refractivity contribution in [3.05, 3.63) is 27.8 Å². The quantitative estimate of drug-likeness (QED) is 0.785. The number of halogens is 4. The summed E-state index contributed by atoms with van der Waals surface area (Å²) in [5.41, 5.74) is 4.26. The third kappa shape index (κ3) is 3.52. The summed E-state index contributed by atoms with van der Waals surface area (Å²) in [5.74, 6) is -1.48. The minimum atomic E-state index is -4.66. The number of alkyl halides is 3. The highest BCUT2D eigenvalue weighted by Gasteiger charge is 2.39. The van der Waals surface area contributed by atoms with Gasteiger partial charge in [0.15, 0.2) is 5.69 Å². The standard InChI is InChI=1S/C13H14BrF3N6O2/c1-5-8(14)10(13(15,16)17)21-23(5)6(2)12(25)20-7-4-19-22(3)9(7)11(18)24/h4,6H,1-3H3,(H2,18,24)(H,20,25). The zero-order chi connectivity index (χ0) is 19.1. The molecule has 3 N–H and O–H groups in total. The van der Waals surface area contributed by atoms with E-state index in [-0.39, 0.29) is 21.5 Å². The molecular formula is C13H14BrF3N6O2. The minimum Gasteiger partial charge on any atom is -0.364 e. The van der Waals surface area contributed by atoms with Crippen LogP contribution in [0.2, 0.25) is 0 Å². The number of rotatable bonds is 4. The maximum atomic E-state index is 12.9. The Morgan fingerprint density at radius 1 is 1.40 bits per heavy atom. The van der Waals surface area contributed by atoms with Crippen molar-refractivity contribution in [2.24, 2.45) is 12.8 Å². The summed E-state index contributed by atoms with van der Waals surface area (Å²) in [4.78, 5) is 23.8. The van der Waals surface area contributed by atoms with Crippen LogP contribution in [-0.2, 0) is 18.0 Å². The number of amides is 2. The van der Waals surface area contributed by atoms with Crippen molar-refractivity contribution in [3.63, 3.8) is 0 Å². The molecule has 0 saturated carbocycles. The Morgan fingerprint density at radius 2 is 2.00 bits per heavy atom. The van der Waals surface area contributed by atoms with Crippen molar-refractivity contribution in [1.29, 1.82) is 0 Å². The fourth-order valence-electron chi connectivity index (χ4n) is 2.23. The van der Waals surface area contributed by atoms with Crippen LogP contribution in [0, 0.1) is 6.92 Å². The second-order valence-corrected chi connectivity index (χ2v) is 6.04. The summed E-state index contributed by atoms with van der Waals surface area (Å²) >= 11 is 2.85. The van der Waals surface area contributed by atoms with E-state index in [1.807, 2.05) is 0 Å². The second kappa shape index (κ2) is 6.50. The maximum Gasteiger partial charge on any atom is 0.436 e. The van der Waals surface area contributed by atoms with E-state index in [4.69, 9.17) is 5.73 Å². The van der Waals surface area contributed by atoms with Crippen molar-refractivity contribution in [2.75, 3.05) is 5.32 Å². The Bertz CT molecular complexity index is 842. The van der Waals surface area contributed by atoms with Gasteiger partial charge in [-0.15, -0.1) is 0 Å². The van der Waals surface area contributed by atoms with Crippen LogP contribution >= 0.6 is 15.9 Å². The van der Waals surface area contributed by atoms with Gasteiger partial charge >= 0.3 is 6.18 Å². The Labute approximate surface area is 148 Å². The molecule has 0 aliphatic carbocycles. The van der Waals surface area contributed by atoms with Crippen molar-refractivity contribution in [2.45, 2.75) is 26.1 Å². The van der Waals surface area contributed by atoms with Gasteiger partial charge in [-0.1, -0.05) is 0 Å². The number of anilines is 1. The number of aryl methyl sites for hydroxylation is 1. The van der Waals surface area contributed by atoms with Gasteiger partial charge in [-0.25, -0.2) is 0 Å². The van der Waals surface area contributed by atoms with Crippen molar-refractivity contribution in [1.82, 2.24) is 19.6 Å². The van der Waals surface area contributed by atoms with E-state index in [9.17, 15) is 22.8 Å². The van der Waals surface area contributed by atoms with Crippen molar-refractivity contribution < 1.29 is 22.8 Å². The third-order valence-corrected chi connectivity index (χ3v) is 4.47. The smallest absolute Gasteiger partial charge is 0.364 e. The summed E-state index contributed by atoms with van der Waals surface area (Å²) in [7, 11) is 1.46. The van der Waals surface area contributed by atoms with E-state index in [1.54, 1.807) is 0 Å². The summed E-state index contributed by atoms with van der Waals surface area (Å²) in [5, 5.41) is 9.72. The van der Waals surface area contributed by atoms with Crippen LogP contribution in [0.5, 0.6) is 0 Å². The lowest BCUT2D eigenvalue weighted by atomic mass is 10.2. The zero-order valence-corrected chi connectivity index (χ0v) is 14.9. The fraction of sp³-hybridized carbons (Fsp3) is 0.385. The molecule has 0 spiro atoms. The van der Waals surface area contributed by atoms with Gasteiger partial charge in [0, 0.05) is 7.05 Å².